The van der Waals surface area contributed by atoms with Crippen LogP contribution in [0.15, 0.2) is 24.3 Å². The van der Waals surface area contributed by atoms with Crippen LogP contribution in [-0.2, 0) is 4.79 Å². The van der Waals surface area contributed by atoms with Crippen molar-refractivity contribution in [3.05, 3.63) is 29.8 Å². The van der Waals surface area contributed by atoms with Crippen LogP contribution in [0.4, 0.5) is 0 Å². The number of phenolic OH excluding ortho intramolecular Hbond substituents is 1. The van der Waals surface area contributed by atoms with Crippen molar-refractivity contribution in [1.29, 1.82) is 0 Å². The molecule has 0 atom stereocenters. The third-order valence-corrected chi connectivity index (χ3v) is 1.55. The highest BCUT2D eigenvalue weighted by Crippen LogP contribution is 2.15. The maximum Gasteiger partial charge on any atom is 0.207 e. The molecule has 0 aromatic heterocycles. The van der Waals surface area contributed by atoms with Crippen LogP contribution in [0.2, 0.25) is 0 Å². The number of ketones is 1. The van der Waals surface area contributed by atoms with Gasteiger partial charge < -0.3 is 10.4 Å². The maximum atomic E-state index is 11.2. The molecule has 4 nitrogen and oxygen atoms in total. The lowest BCUT2D eigenvalue weighted by atomic mass is 10.1. The van der Waals surface area contributed by atoms with E-state index in [0.29, 0.717) is 6.41 Å². The van der Waals surface area contributed by atoms with Gasteiger partial charge in [0.1, 0.15) is 5.75 Å². The van der Waals surface area contributed by atoms with Crippen LogP contribution in [-0.4, -0.2) is 23.8 Å². The summed E-state index contributed by atoms with van der Waals surface area (Å²) in [4.78, 5) is 21.1. The van der Waals surface area contributed by atoms with Crippen molar-refractivity contribution in [1.82, 2.24) is 5.32 Å². The van der Waals surface area contributed by atoms with Crippen LogP contribution in [0.3, 0.4) is 0 Å². The lowest BCUT2D eigenvalue weighted by molar-refractivity contribution is -0.109. The van der Waals surface area contributed by atoms with Crippen molar-refractivity contribution in [3.8, 4) is 5.75 Å². The first-order chi connectivity index (χ1) is 6.25. The second kappa shape index (κ2) is 4.25. The van der Waals surface area contributed by atoms with Gasteiger partial charge in [0.2, 0.25) is 6.41 Å². The Morgan fingerprint density at radius 1 is 1.46 bits per heavy atom. The SMILES string of the molecule is O=CNCC(=O)c1ccccc1O. The van der Waals surface area contributed by atoms with Crippen molar-refractivity contribution < 1.29 is 14.7 Å². The van der Waals surface area contributed by atoms with E-state index in [2.05, 4.69) is 5.32 Å². The summed E-state index contributed by atoms with van der Waals surface area (Å²) in [5.74, 6) is -0.384. The fraction of sp³-hybridized carbons (Fsp3) is 0.111. The monoisotopic (exact) mass is 179 g/mol. The standard InChI is InChI=1S/C9H9NO3/c11-6-10-5-9(13)7-3-1-2-4-8(7)12/h1-4,6,12H,5H2,(H,10,11). The molecule has 0 spiro atoms. The molecule has 0 radical (unpaired) electrons. The Morgan fingerprint density at radius 3 is 2.77 bits per heavy atom. The normalized spacial score (nSPS) is 9.23. The van der Waals surface area contributed by atoms with Crippen molar-refractivity contribution >= 4 is 12.2 Å². The van der Waals surface area contributed by atoms with E-state index in [1.54, 1.807) is 12.1 Å². The number of phenols is 1. The molecule has 4 heteroatoms. The Labute approximate surface area is 75.2 Å². The summed E-state index contributed by atoms with van der Waals surface area (Å²) in [6, 6.07) is 6.20. The van der Waals surface area contributed by atoms with Gasteiger partial charge in [0.05, 0.1) is 12.1 Å². The number of hydrogen-bond donors (Lipinski definition) is 2. The summed E-state index contributed by atoms with van der Waals surface area (Å²) in [6.07, 6.45) is 0.442. The average molecular weight is 179 g/mol. The van der Waals surface area contributed by atoms with Crippen molar-refractivity contribution in [2.45, 2.75) is 0 Å². The van der Waals surface area contributed by atoms with E-state index in [1.165, 1.54) is 12.1 Å². The minimum absolute atomic E-state index is 0.0693. The molecular formula is C9H9NO3. The number of hydrogen-bond acceptors (Lipinski definition) is 3. The fourth-order valence-corrected chi connectivity index (χ4v) is 0.939. The van der Waals surface area contributed by atoms with Gasteiger partial charge in [-0.15, -0.1) is 0 Å². The molecule has 0 saturated carbocycles. The molecule has 0 aliphatic carbocycles. The molecule has 1 aromatic carbocycles. The zero-order valence-corrected chi connectivity index (χ0v) is 6.86. The van der Waals surface area contributed by atoms with Crippen LogP contribution in [0.1, 0.15) is 10.4 Å². The first-order valence-corrected chi connectivity index (χ1v) is 3.74. The molecule has 0 fully saturated rings. The molecule has 1 amide bonds. The zero-order chi connectivity index (χ0) is 9.68. The number of carbonyl (C=O) groups is 2. The van der Waals surface area contributed by atoms with Crippen LogP contribution in [0, 0.1) is 0 Å². The molecular weight excluding hydrogens is 170 g/mol. The van der Waals surface area contributed by atoms with Crippen molar-refractivity contribution in [2.24, 2.45) is 0 Å². The Balaban J connectivity index is 2.76. The minimum atomic E-state index is -0.315. The molecule has 0 saturated heterocycles. The Morgan fingerprint density at radius 2 is 2.15 bits per heavy atom. The van der Waals surface area contributed by atoms with E-state index in [0.717, 1.165) is 0 Å². The van der Waals surface area contributed by atoms with Crippen molar-refractivity contribution in [3.63, 3.8) is 0 Å². The fourth-order valence-electron chi connectivity index (χ4n) is 0.939. The quantitative estimate of drug-likeness (QED) is 0.516. The summed E-state index contributed by atoms with van der Waals surface area (Å²) in [5, 5.41) is 11.5. The van der Waals surface area contributed by atoms with E-state index in [4.69, 9.17) is 0 Å². The van der Waals surface area contributed by atoms with E-state index in [9.17, 15) is 14.7 Å². The Hall–Kier alpha value is -1.84. The van der Waals surface area contributed by atoms with Crippen LogP contribution in [0.5, 0.6) is 5.75 Å². The zero-order valence-electron chi connectivity index (χ0n) is 6.86. The summed E-state index contributed by atoms with van der Waals surface area (Å²) in [6.45, 7) is -0.0962. The minimum Gasteiger partial charge on any atom is -0.507 e. The number of benzene rings is 1. The van der Waals surface area contributed by atoms with E-state index in [-0.39, 0.29) is 23.6 Å². The predicted octanol–water partition coefficient (Wildman–Crippen LogP) is 0.321. The van der Waals surface area contributed by atoms with Crippen molar-refractivity contribution in [2.75, 3.05) is 6.54 Å². The van der Waals surface area contributed by atoms with Gasteiger partial charge in [-0.05, 0) is 12.1 Å². The molecule has 68 valence electrons. The van der Waals surface area contributed by atoms with Gasteiger partial charge in [-0.3, -0.25) is 9.59 Å². The molecule has 0 aliphatic rings. The number of Topliss-reactive ketones (excluding diaryl/α,β-unsaturated/α-hetero) is 1. The summed E-state index contributed by atoms with van der Waals surface area (Å²) in [5.41, 5.74) is 0.219. The second-order valence-electron chi connectivity index (χ2n) is 2.44. The average Bonchev–Trinajstić information content (AvgIpc) is 2.15. The van der Waals surface area contributed by atoms with Gasteiger partial charge in [-0.25, -0.2) is 0 Å². The van der Waals surface area contributed by atoms with Gasteiger partial charge in [-0.1, -0.05) is 12.1 Å². The largest absolute Gasteiger partial charge is 0.507 e. The van der Waals surface area contributed by atoms with Gasteiger partial charge in [0.25, 0.3) is 0 Å². The van der Waals surface area contributed by atoms with Gasteiger partial charge in [0.15, 0.2) is 5.78 Å². The highest BCUT2D eigenvalue weighted by Gasteiger charge is 2.08. The molecule has 1 aromatic rings. The highest BCUT2D eigenvalue weighted by molar-refractivity contribution is 6.00. The number of nitrogens with one attached hydrogen (secondary N) is 1. The molecule has 0 unspecified atom stereocenters. The maximum absolute atomic E-state index is 11.2. The lowest BCUT2D eigenvalue weighted by Crippen LogP contribution is -2.21. The first-order valence-electron chi connectivity index (χ1n) is 3.74. The van der Waals surface area contributed by atoms with Crippen LogP contribution >= 0.6 is 0 Å². The molecule has 13 heavy (non-hydrogen) atoms. The molecule has 0 heterocycles. The predicted molar refractivity (Wildman–Crippen MR) is 46.5 cm³/mol. The third kappa shape index (κ3) is 2.30. The molecule has 2 N–H and O–H groups in total. The number of carbonyl (C=O) groups excluding carboxylic acids is 2. The van der Waals surface area contributed by atoms with Gasteiger partial charge in [-0.2, -0.15) is 0 Å². The first kappa shape index (κ1) is 9.25. The molecule has 0 bridgehead atoms. The third-order valence-electron chi connectivity index (χ3n) is 1.55. The number of para-hydroxylation sites is 1. The second-order valence-corrected chi connectivity index (χ2v) is 2.44. The van der Waals surface area contributed by atoms with Gasteiger partial charge in [0, 0.05) is 0 Å². The number of aromatic hydroxyl groups is 1. The van der Waals surface area contributed by atoms with E-state index in [1.807, 2.05) is 0 Å². The van der Waals surface area contributed by atoms with E-state index < -0.39 is 0 Å². The molecule has 1 rings (SSSR count). The molecule has 0 aliphatic heterocycles. The number of rotatable bonds is 4. The van der Waals surface area contributed by atoms with E-state index >= 15 is 0 Å². The Bertz CT molecular complexity index is 322. The smallest absolute Gasteiger partial charge is 0.207 e. The van der Waals surface area contributed by atoms with Crippen LogP contribution < -0.4 is 5.32 Å². The van der Waals surface area contributed by atoms with Crippen LogP contribution in [0.25, 0.3) is 0 Å². The highest BCUT2D eigenvalue weighted by atomic mass is 16.3. The summed E-state index contributed by atoms with van der Waals surface area (Å²) >= 11 is 0. The number of amides is 1. The Kier molecular flexibility index (Phi) is 3.03. The van der Waals surface area contributed by atoms with Gasteiger partial charge >= 0.3 is 0 Å². The lowest BCUT2D eigenvalue weighted by Gasteiger charge is -2.01. The summed E-state index contributed by atoms with van der Waals surface area (Å²) in [7, 11) is 0. The topological polar surface area (TPSA) is 66.4 Å². The summed E-state index contributed by atoms with van der Waals surface area (Å²) < 4.78 is 0.